The number of rotatable bonds is 4. The molecule has 0 aliphatic heterocycles. The lowest BCUT2D eigenvalue weighted by atomic mass is 10.2. The average molecular weight is 375 g/mol. The van der Waals surface area contributed by atoms with Crippen LogP contribution in [-0.4, -0.2) is 15.0 Å². The summed E-state index contributed by atoms with van der Waals surface area (Å²) in [5, 5.41) is 0. The maximum absolute atomic E-state index is 13.2. The van der Waals surface area contributed by atoms with Crippen LogP contribution in [0.3, 0.4) is 0 Å². The van der Waals surface area contributed by atoms with E-state index in [2.05, 4.69) is 11.8 Å². The number of sulfonamides is 1. The summed E-state index contributed by atoms with van der Waals surface area (Å²) >= 11 is 0. The van der Waals surface area contributed by atoms with Gasteiger partial charge in [-0.3, -0.25) is 4.31 Å². The Bertz CT molecular complexity index is 1060. The summed E-state index contributed by atoms with van der Waals surface area (Å²) in [4.78, 5) is 0.259. The molecular formula is C23H21NO2S. The summed E-state index contributed by atoms with van der Waals surface area (Å²) in [6, 6.07) is 23.8. The maximum atomic E-state index is 13.2. The normalized spacial score (nSPS) is 10.7. The topological polar surface area (TPSA) is 37.4 Å². The highest BCUT2D eigenvalue weighted by Gasteiger charge is 2.24. The van der Waals surface area contributed by atoms with Crippen molar-refractivity contribution in [1.29, 1.82) is 0 Å². The highest BCUT2D eigenvalue weighted by Crippen LogP contribution is 2.24. The molecule has 0 fully saturated rings. The molecule has 0 aromatic heterocycles. The molecule has 0 aliphatic rings. The van der Waals surface area contributed by atoms with Gasteiger partial charge in [-0.25, -0.2) is 8.42 Å². The van der Waals surface area contributed by atoms with E-state index in [-0.39, 0.29) is 11.4 Å². The summed E-state index contributed by atoms with van der Waals surface area (Å²) in [6.45, 7) is 3.98. The Labute approximate surface area is 161 Å². The van der Waals surface area contributed by atoms with Gasteiger partial charge in [0.2, 0.25) is 0 Å². The minimum Gasteiger partial charge on any atom is -0.254 e. The zero-order valence-electron chi connectivity index (χ0n) is 15.4. The third-order valence-corrected chi connectivity index (χ3v) is 5.95. The first-order valence-corrected chi connectivity index (χ1v) is 10.1. The predicted molar refractivity (Wildman–Crippen MR) is 110 cm³/mol. The van der Waals surface area contributed by atoms with Gasteiger partial charge < -0.3 is 0 Å². The standard InChI is InChI=1S/C23H21NO2S/c1-19-10-14-22(15-11-19)24(18-6-9-21-7-4-3-5-8-21)27(25,26)23-16-12-20(2)13-17-23/h3-5,7-8,10-17H,18H2,1-2H3. The van der Waals surface area contributed by atoms with Crippen LogP contribution in [0.2, 0.25) is 0 Å². The van der Waals surface area contributed by atoms with Gasteiger partial charge in [0.1, 0.15) is 0 Å². The molecule has 0 amide bonds. The molecule has 0 aliphatic carbocycles. The SMILES string of the molecule is Cc1ccc(N(CC#Cc2ccccc2)S(=O)(=O)c2ccc(C)cc2)cc1. The number of anilines is 1. The van der Waals surface area contributed by atoms with Crippen molar-refractivity contribution in [3.05, 3.63) is 95.6 Å². The van der Waals surface area contributed by atoms with E-state index in [1.165, 1.54) is 4.31 Å². The fourth-order valence-electron chi connectivity index (χ4n) is 2.60. The van der Waals surface area contributed by atoms with Gasteiger partial charge >= 0.3 is 0 Å². The Kier molecular flexibility index (Phi) is 5.63. The summed E-state index contributed by atoms with van der Waals surface area (Å²) in [5.74, 6) is 6.03. The minimum absolute atomic E-state index is 0.0775. The van der Waals surface area contributed by atoms with Crippen LogP contribution < -0.4 is 4.31 Å². The maximum Gasteiger partial charge on any atom is 0.265 e. The molecule has 136 valence electrons. The fourth-order valence-corrected chi connectivity index (χ4v) is 3.97. The molecule has 27 heavy (non-hydrogen) atoms. The fraction of sp³-hybridized carbons (Fsp3) is 0.130. The van der Waals surface area contributed by atoms with Gasteiger partial charge in [-0.2, -0.15) is 0 Å². The van der Waals surface area contributed by atoms with Crippen LogP contribution in [0.4, 0.5) is 5.69 Å². The number of hydrogen-bond acceptors (Lipinski definition) is 2. The van der Waals surface area contributed by atoms with Crippen molar-refractivity contribution in [3.63, 3.8) is 0 Å². The van der Waals surface area contributed by atoms with Gasteiger partial charge in [0.05, 0.1) is 17.1 Å². The van der Waals surface area contributed by atoms with Crippen molar-refractivity contribution in [2.24, 2.45) is 0 Å². The lowest BCUT2D eigenvalue weighted by Gasteiger charge is -2.22. The van der Waals surface area contributed by atoms with Crippen LogP contribution in [-0.2, 0) is 10.0 Å². The van der Waals surface area contributed by atoms with E-state index < -0.39 is 10.0 Å². The zero-order chi connectivity index (χ0) is 19.3. The van der Waals surface area contributed by atoms with Gasteiger partial charge in [-0.05, 0) is 50.2 Å². The summed E-state index contributed by atoms with van der Waals surface area (Å²) in [6.07, 6.45) is 0. The second kappa shape index (κ2) is 8.11. The lowest BCUT2D eigenvalue weighted by Crippen LogP contribution is -2.31. The monoisotopic (exact) mass is 375 g/mol. The van der Waals surface area contributed by atoms with Crippen molar-refractivity contribution < 1.29 is 8.42 Å². The summed E-state index contributed by atoms with van der Waals surface area (Å²) < 4.78 is 27.8. The van der Waals surface area contributed by atoms with Crippen LogP contribution in [0, 0.1) is 25.7 Å². The van der Waals surface area contributed by atoms with Gasteiger partial charge in [0.15, 0.2) is 0 Å². The van der Waals surface area contributed by atoms with Crippen molar-refractivity contribution in [2.45, 2.75) is 18.7 Å². The van der Waals surface area contributed by atoms with Gasteiger partial charge in [0, 0.05) is 5.56 Å². The van der Waals surface area contributed by atoms with E-state index in [1.54, 1.807) is 24.3 Å². The molecule has 0 saturated carbocycles. The second-order valence-corrected chi connectivity index (χ2v) is 8.19. The molecule has 0 bridgehead atoms. The molecule has 0 unspecified atom stereocenters. The van der Waals surface area contributed by atoms with Crippen molar-refractivity contribution in [2.75, 3.05) is 10.8 Å². The highest BCUT2D eigenvalue weighted by molar-refractivity contribution is 7.92. The first kappa shape index (κ1) is 18.8. The molecule has 3 aromatic carbocycles. The Morgan fingerprint density at radius 3 is 1.93 bits per heavy atom. The van der Waals surface area contributed by atoms with Crippen LogP contribution >= 0.6 is 0 Å². The largest absolute Gasteiger partial charge is 0.265 e. The van der Waals surface area contributed by atoms with Gasteiger partial charge in [-0.15, -0.1) is 0 Å². The highest BCUT2D eigenvalue weighted by atomic mass is 32.2. The molecule has 0 heterocycles. The first-order chi connectivity index (χ1) is 13.0. The quantitative estimate of drug-likeness (QED) is 0.627. The second-order valence-electron chi connectivity index (χ2n) is 6.33. The van der Waals surface area contributed by atoms with E-state index >= 15 is 0 Å². The summed E-state index contributed by atoms with van der Waals surface area (Å²) in [5.41, 5.74) is 3.54. The number of benzene rings is 3. The zero-order valence-corrected chi connectivity index (χ0v) is 16.2. The molecule has 0 N–H and O–H groups in total. The molecular weight excluding hydrogens is 354 g/mol. The van der Waals surface area contributed by atoms with E-state index in [1.807, 2.05) is 68.4 Å². The van der Waals surface area contributed by atoms with E-state index in [9.17, 15) is 8.42 Å². The van der Waals surface area contributed by atoms with Gasteiger partial charge in [0.25, 0.3) is 10.0 Å². The molecule has 0 spiro atoms. The van der Waals surface area contributed by atoms with Crippen molar-refractivity contribution >= 4 is 15.7 Å². The number of aryl methyl sites for hydroxylation is 2. The molecule has 4 heteroatoms. The lowest BCUT2D eigenvalue weighted by molar-refractivity contribution is 0.593. The third-order valence-electron chi connectivity index (χ3n) is 4.16. The van der Waals surface area contributed by atoms with Crippen LogP contribution in [0.1, 0.15) is 16.7 Å². The first-order valence-electron chi connectivity index (χ1n) is 8.67. The smallest absolute Gasteiger partial charge is 0.254 e. The Hall–Kier alpha value is -3.03. The Morgan fingerprint density at radius 1 is 0.778 bits per heavy atom. The molecule has 3 nitrogen and oxygen atoms in total. The van der Waals surface area contributed by atoms with Crippen LogP contribution in [0.15, 0.2) is 83.8 Å². The number of nitrogens with zero attached hydrogens (tertiary/aromatic N) is 1. The van der Waals surface area contributed by atoms with Crippen LogP contribution in [0.25, 0.3) is 0 Å². The van der Waals surface area contributed by atoms with Crippen molar-refractivity contribution in [1.82, 2.24) is 0 Å². The molecule has 0 saturated heterocycles. The third kappa shape index (κ3) is 4.58. The Morgan fingerprint density at radius 2 is 1.33 bits per heavy atom. The number of hydrogen-bond donors (Lipinski definition) is 0. The minimum atomic E-state index is -3.71. The van der Waals surface area contributed by atoms with E-state index in [4.69, 9.17) is 0 Å². The van der Waals surface area contributed by atoms with E-state index in [0.29, 0.717) is 5.69 Å². The van der Waals surface area contributed by atoms with Crippen LogP contribution in [0.5, 0.6) is 0 Å². The van der Waals surface area contributed by atoms with Gasteiger partial charge in [-0.1, -0.05) is 65.4 Å². The Balaban J connectivity index is 1.98. The molecule has 0 radical (unpaired) electrons. The molecule has 3 aromatic rings. The molecule has 3 rings (SSSR count). The van der Waals surface area contributed by atoms with E-state index in [0.717, 1.165) is 16.7 Å². The van der Waals surface area contributed by atoms with Crippen molar-refractivity contribution in [3.8, 4) is 11.8 Å². The molecule has 0 atom stereocenters. The average Bonchev–Trinajstić information content (AvgIpc) is 2.67. The summed E-state index contributed by atoms with van der Waals surface area (Å²) in [7, 11) is -3.71. The predicted octanol–water partition coefficient (Wildman–Crippen LogP) is 4.55.